The Kier molecular flexibility index (Phi) is 25.6. The van der Waals surface area contributed by atoms with Crippen LogP contribution >= 0.6 is 21.6 Å². The van der Waals surface area contributed by atoms with Gasteiger partial charge < -0.3 is 26.8 Å². The molecule has 10 heteroatoms. The Labute approximate surface area is 201 Å². The highest BCUT2D eigenvalue weighted by molar-refractivity contribution is 8.76. The predicted octanol–water partition coefficient (Wildman–Crippen LogP) is 4.74. The molecule has 7 N–H and O–H groups in total. The maximum atomic E-state index is 10.3. The molecular weight excluding hydrogens is 452 g/mol. The van der Waals surface area contributed by atoms with Gasteiger partial charge in [-0.05, 0) is 6.42 Å². The van der Waals surface area contributed by atoms with E-state index < -0.39 is 30.0 Å². The van der Waals surface area contributed by atoms with Gasteiger partial charge in [-0.15, -0.1) is 0 Å². The summed E-state index contributed by atoms with van der Waals surface area (Å²) in [5.74, 6) is -2.34. The summed E-state index contributed by atoms with van der Waals surface area (Å²) >= 11 is 0. The number of nitrogens with two attached hydrogens (primary N) is 2. The van der Waals surface area contributed by atoms with E-state index in [2.05, 4.69) is 6.92 Å². The molecule has 0 spiro atoms. The monoisotopic (exact) mass is 496 g/mol. The van der Waals surface area contributed by atoms with E-state index in [1.807, 2.05) is 0 Å². The Morgan fingerprint density at radius 3 is 1.22 bits per heavy atom. The van der Waals surface area contributed by atoms with Crippen molar-refractivity contribution in [3.63, 3.8) is 0 Å². The number of carboxylic acids is 3. The van der Waals surface area contributed by atoms with Crippen molar-refractivity contribution in [1.82, 2.24) is 0 Å². The average Bonchev–Trinajstić information content (AvgIpc) is 2.74. The maximum absolute atomic E-state index is 10.3. The molecule has 0 aromatic heterocycles. The summed E-state index contributed by atoms with van der Waals surface area (Å²) in [6, 6.07) is -1.85. The van der Waals surface area contributed by atoms with Gasteiger partial charge in [0.2, 0.25) is 0 Å². The van der Waals surface area contributed by atoms with Crippen LogP contribution < -0.4 is 11.5 Å². The van der Waals surface area contributed by atoms with Gasteiger partial charge in [0.1, 0.15) is 12.1 Å². The Balaban J connectivity index is 0. The second kappa shape index (κ2) is 24.7. The van der Waals surface area contributed by atoms with Crippen molar-refractivity contribution in [3.05, 3.63) is 0 Å². The molecule has 0 radical (unpaired) electrons. The van der Waals surface area contributed by atoms with Gasteiger partial charge in [-0.1, -0.05) is 106 Å². The summed E-state index contributed by atoms with van der Waals surface area (Å²) in [4.78, 5) is 30.8. The fourth-order valence-electron chi connectivity index (χ4n) is 2.68. The third-order valence-electron chi connectivity index (χ3n) is 4.71. The number of rotatable bonds is 21. The molecule has 0 saturated carbocycles. The lowest BCUT2D eigenvalue weighted by Gasteiger charge is -2.07. The topological polar surface area (TPSA) is 164 Å². The molecule has 0 amide bonds. The van der Waals surface area contributed by atoms with E-state index in [-0.39, 0.29) is 11.5 Å². The van der Waals surface area contributed by atoms with Crippen LogP contribution in [0.4, 0.5) is 0 Å². The van der Waals surface area contributed by atoms with Gasteiger partial charge in [0, 0.05) is 17.9 Å². The number of carbonyl (C=O) groups is 3. The lowest BCUT2D eigenvalue weighted by Crippen LogP contribution is -2.33. The Morgan fingerprint density at radius 1 is 0.625 bits per heavy atom. The van der Waals surface area contributed by atoms with Crippen LogP contribution in [0.2, 0.25) is 0 Å². The molecule has 0 rings (SSSR count). The van der Waals surface area contributed by atoms with E-state index in [0.717, 1.165) is 12.8 Å². The highest BCUT2D eigenvalue weighted by Gasteiger charge is 2.14. The van der Waals surface area contributed by atoms with Crippen LogP contribution in [0.15, 0.2) is 0 Å². The van der Waals surface area contributed by atoms with Crippen molar-refractivity contribution in [2.24, 2.45) is 11.5 Å². The van der Waals surface area contributed by atoms with E-state index in [9.17, 15) is 14.4 Å². The first-order valence-electron chi connectivity index (χ1n) is 11.6. The van der Waals surface area contributed by atoms with E-state index >= 15 is 0 Å². The number of carboxylic acid groups (broad SMARTS) is 3. The number of aliphatic carboxylic acids is 3. The zero-order chi connectivity index (χ0) is 24.6. The Hall–Kier alpha value is -0.970. The van der Waals surface area contributed by atoms with Crippen molar-refractivity contribution in [2.75, 3.05) is 11.5 Å². The Bertz CT molecular complexity index is 461. The van der Waals surface area contributed by atoms with Crippen LogP contribution in [0, 0.1) is 0 Å². The van der Waals surface area contributed by atoms with Crippen molar-refractivity contribution in [1.29, 1.82) is 0 Å². The molecule has 0 fully saturated rings. The molecule has 0 bridgehead atoms. The van der Waals surface area contributed by atoms with Crippen molar-refractivity contribution >= 4 is 39.5 Å². The lowest BCUT2D eigenvalue weighted by molar-refractivity contribution is -0.138. The highest BCUT2D eigenvalue weighted by atomic mass is 33.1. The van der Waals surface area contributed by atoms with Gasteiger partial charge in [0.05, 0.1) is 0 Å². The van der Waals surface area contributed by atoms with Crippen LogP contribution in [-0.2, 0) is 14.4 Å². The average molecular weight is 497 g/mol. The zero-order valence-electron chi connectivity index (χ0n) is 19.5. The SMILES string of the molecule is CCCCCCCCCCCCCCCC(=O)O.NC(CSSCC(N)C(=O)O)C(=O)O. The van der Waals surface area contributed by atoms with Crippen molar-refractivity contribution < 1.29 is 29.7 Å². The minimum absolute atomic E-state index is 0.229. The number of unbranched alkanes of at least 4 members (excludes halogenated alkanes) is 12. The molecule has 0 saturated heterocycles. The second-order valence-corrected chi connectivity index (χ2v) is 10.4. The summed E-state index contributed by atoms with van der Waals surface area (Å²) < 4.78 is 0. The highest BCUT2D eigenvalue weighted by Crippen LogP contribution is 2.22. The third-order valence-corrected chi connectivity index (χ3v) is 7.18. The summed E-state index contributed by atoms with van der Waals surface area (Å²) in [6.45, 7) is 2.26. The fourth-order valence-corrected chi connectivity index (χ4v) is 4.91. The van der Waals surface area contributed by atoms with Crippen LogP contribution in [0.5, 0.6) is 0 Å². The fraction of sp³-hybridized carbons (Fsp3) is 0.864. The smallest absolute Gasteiger partial charge is 0.321 e. The largest absolute Gasteiger partial charge is 0.481 e. The van der Waals surface area contributed by atoms with E-state index in [4.69, 9.17) is 26.8 Å². The van der Waals surface area contributed by atoms with Crippen molar-refractivity contribution in [2.45, 2.75) is 109 Å². The Morgan fingerprint density at radius 2 is 0.938 bits per heavy atom. The quantitative estimate of drug-likeness (QED) is 0.111. The third kappa shape index (κ3) is 27.1. The molecule has 8 nitrogen and oxygen atoms in total. The van der Waals surface area contributed by atoms with Gasteiger partial charge in [0.25, 0.3) is 0 Å². The van der Waals surface area contributed by atoms with Crippen LogP contribution in [-0.4, -0.2) is 56.8 Å². The number of hydrogen-bond acceptors (Lipinski definition) is 7. The molecule has 32 heavy (non-hydrogen) atoms. The van der Waals surface area contributed by atoms with Crippen LogP contribution in [0.3, 0.4) is 0 Å². The van der Waals surface area contributed by atoms with Gasteiger partial charge >= 0.3 is 17.9 Å². The summed E-state index contributed by atoms with van der Waals surface area (Å²) in [5, 5.41) is 25.3. The lowest BCUT2D eigenvalue weighted by atomic mass is 10.0. The zero-order valence-corrected chi connectivity index (χ0v) is 21.1. The van der Waals surface area contributed by atoms with Gasteiger partial charge in [-0.2, -0.15) is 0 Å². The normalized spacial score (nSPS) is 12.5. The molecule has 0 aliphatic carbocycles. The van der Waals surface area contributed by atoms with E-state index in [0.29, 0.717) is 6.42 Å². The maximum Gasteiger partial charge on any atom is 0.321 e. The summed E-state index contributed by atoms with van der Waals surface area (Å²) in [7, 11) is 2.41. The second-order valence-electron chi connectivity index (χ2n) is 7.84. The molecule has 0 heterocycles. The van der Waals surface area contributed by atoms with Crippen LogP contribution in [0.1, 0.15) is 96.8 Å². The van der Waals surface area contributed by atoms with Gasteiger partial charge in [-0.3, -0.25) is 14.4 Å². The molecule has 0 aromatic carbocycles. The first-order chi connectivity index (χ1) is 15.2. The predicted molar refractivity (Wildman–Crippen MR) is 134 cm³/mol. The standard InChI is InChI=1S/C16H32O2.C6H12N2O4S2/c1-2-3-4-5-6-7-8-9-10-11-12-13-14-15-16(17)18;7-3(5(9)10)1-13-14-2-4(8)6(11)12/h2-15H2,1H3,(H,17,18);3-4H,1-2,7-8H2,(H,9,10)(H,11,12). The molecule has 2 unspecified atom stereocenters. The van der Waals surface area contributed by atoms with Crippen LogP contribution in [0.25, 0.3) is 0 Å². The first-order valence-corrected chi connectivity index (χ1v) is 14.1. The molecule has 0 aliphatic rings. The molecular formula is C22H44N2O6S2. The minimum atomic E-state index is -1.07. The molecule has 0 aliphatic heterocycles. The minimum Gasteiger partial charge on any atom is -0.481 e. The summed E-state index contributed by atoms with van der Waals surface area (Å²) in [5.41, 5.74) is 10.4. The van der Waals surface area contributed by atoms with Crippen molar-refractivity contribution in [3.8, 4) is 0 Å². The van der Waals surface area contributed by atoms with E-state index in [1.165, 1.54) is 92.2 Å². The molecule has 0 aromatic rings. The first kappa shape index (κ1) is 33.2. The molecule has 190 valence electrons. The van der Waals surface area contributed by atoms with Gasteiger partial charge in [0.15, 0.2) is 0 Å². The van der Waals surface area contributed by atoms with E-state index in [1.54, 1.807) is 0 Å². The summed E-state index contributed by atoms with van der Waals surface area (Å²) in [6.07, 6.45) is 17.3. The number of hydrogen-bond donors (Lipinski definition) is 5. The van der Waals surface area contributed by atoms with Gasteiger partial charge in [-0.25, -0.2) is 0 Å². The molecule has 2 atom stereocenters.